The van der Waals surface area contributed by atoms with Crippen molar-refractivity contribution in [1.82, 2.24) is 14.9 Å². The molecule has 1 N–H and O–H groups in total. The Morgan fingerprint density at radius 1 is 1.29 bits per heavy atom. The van der Waals surface area contributed by atoms with Crippen molar-refractivity contribution in [3.63, 3.8) is 0 Å². The molecule has 1 amide bonds. The number of amides is 1. The third-order valence-electron chi connectivity index (χ3n) is 5.93. The minimum atomic E-state index is -0.497. The van der Waals surface area contributed by atoms with E-state index in [9.17, 15) is 14.0 Å². The number of anilines is 1. The molecule has 4 rings (SSSR count). The number of H-pyrrole nitrogens is 1. The molecule has 0 saturated carbocycles. The van der Waals surface area contributed by atoms with Crippen LogP contribution in [-0.4, -0.2) is 45.4 Å². The molecular weight excluding hydrogens is 359 g/mol. The fraction of sp³-hybridized carbons (Fsp3) is 0.476. The van der Waals surface area contributed by atoms with Crippen LogP contribution in [0, 0.1) is 18.7 Å². The molecule has 2 fully saturated rings. The van der Waals surface area contributed by atoms with Crippen LogP contribution >= 0.6 is 0 Å². The summed E-state index contributed by atoms with van der Waals surface area (Å²) < 4.78 is 13.4. The molecule has 0 radical (unpaired) electrons. The van der Waals surface area contributed by atoms with Gasteiger partial charge < -0.3 is 14.8 Å². The van der Waals surface area contributed by atoms with Gasteiger partial charge in [-0.05, 0) is 69.9 Å². The fourth-order valence-electron chi connectivity index (χ4n) is 4.93. The van der Waals surface area contributed by atoms with Crippen molar-refractivity contribution in [3.05, 3.63) is 58.0 Å². The minimum Gasteiger partial charge on any atom is -0.363 e. The van der Waals surface area contributed by atoms with Gasteiger partial charge in [-0.2, -0.15) is 4.98 Å². The van der Waals surface area contributed by atoms with Crippen LogP contribution in [0.3, 0.4) is 0 Å². The number of aryl methyl sites for hydroxylation is 1. The van der Waals surface area contributed by atoms with Crippen molar-refractivity contribution in [3.8, 4) is 0 Å². The predicted octanol–water partition coefficient (Wildman–Crippen LogP) is 2.74. The smallest absolute Gasteiger partial charge is 0.345 e. The van der Waals surface area contributed by atoms with Crippen molar-refractivity contribution in [2.45, 2.75) is 45.2 Å². The molecule has 0 bridgehead atoms. The molecule has 2 aromatic rings. The summed E-state index contributed by atoms with van der Waals surface area (Å²) >= 11 is 0. The molecule has 0 spiro atoms. The van der Waals surface area contributed by atoms with Gasteiger partial charge in [-0.25, -0.2) is 9.18 Å². The van der Waals surface area contributed by atoms with Crippen LogP contribution in [0.25, 0.3) is 0 Å². The van der Waals surface area contributed by atoms with Gasteiger partial charge in [0.2, 0.25) is 0 Å². The lowest BCUT2D eigenvalue weighted by Crippen LogP contribution is -2.50. The Hall–Kier alpha value is -2.70. The molecule has 7 heteroatoms. The third-order valence-corrected chi connectivity index (χ3v) is 5.93. The summed E-state index contributed by atoms with van der Waals surface area (Å²) in [7, 11) is 0. The summed E-state index contributed by atoms with van der Waals surface area (Å²) in [6.45, 7) is 7.39. The topological polar surface area (TPSA) is 69.3 Å². The van der Waals surface area contributed by atoms with E-state index in [1.54, 1.807) is 13.0 Å². The van der Waals surface area contributed by atoms with Crippen LogP contribution in [0.5, 0.6) is 0 Å². The maximum Gasteiger partial charge on any atom is 0.345 e. The van der Waals surface area contributed by atoms with E-state index in [1.807, 2.05) is 17.0 Å². The number of carbonyl (C=O) groups excluding carboxylic acids is 1. The minimum absolute atomic E-state index is 0.0784. The third kappa shape index (κ3) is 3.30. The van der Waals surface area contributed by atoms with Gasteiger partial charge >= 0.3 is 5.69 Å². The van der Waals surface area contributed by atoms with Crippen LogP contribution in [0.2, 0.25) is 0 Å². The summed E-state index contributed by atoms with van der Waals surface area (Å²) in [6.07, 6.45) is 1.78. The largest absolute Gasteiger partial charge is 0.363 e. The van der Waals surface area contributed by atoms with Gasteiger partial charge in [0.25, 0.3) is 5.91 Å². The van der Waals surface area contributed by atoms with E-state index < -0.39 is 5.69 Å². The van der Waals surface area contributed by atoms with E-state index in [1.165, 1.54) is 12.1 Å². The molecule has 3 heterocycles. The number of nitrogens with one attached hydrogen (secondary N) is 1. The highest BCUT2D eigenvalue weighted by Crippen LogP contribution is 2.44. The Balaban J connectivity index is 1.56. The zero-order valence-corrected chi connectivity index (χ0v) is 16.4. The van der Waals surface area contributed by atoms with Gasteiger partial charge in [0.15, 0.2) is 0 Å². The predicted molar refractivity (Wildman–Crippen MR) is 105 cm³/mol. The van der Waals surface area contributed by atoms with Crippen LogP contribution in [0.4, 0.5) is 10.1 Å². The van der Waals surface area contributed by atoms with E-state index in [4.69, 9.17) is 0 Å². The van der Waals surface area contributed by atoms with Gasteiger partial charge in [-0.15, -0.1) is 0 Å². The number of fused-ring (bicyclic) bond motifs is 1. The molecule has 6 nitrogen and oxygen atoms in total. The van der Waals surface area contributed by atoms with Crippen LogP contribution in [-0.2, 0) is 0 Å². The summed E-state index contributed by atoms with van der Waals surface area (Å²) in [5.74, 6) is -0.107. The number of piperidine rings is 1. The zero-order chi connectivity index (χ0) is 20.1. The Labute approximate surface area is 163 Å². The Morgan fingerprint density at radius 3 is 2.68 bits per heavy atom. The first-order valence-corrected chi connectivity index (χ1v) is 9.67. The highest BCUT2D eigenvalue weighted by atomic mass is 19.1. The van der Waals surface area contributed by atoms with E-state index in [0.717, 1.165) is 18.5 Å². The van der Waals surface area contributed by atoms with Crippen LogP contribution in [0.1, 0.15) is 42.9 Å². The first kappa shape index (κ1) is 18.7. The van der Waals surface area contributed by atoms with Crippen LogP contribution < -0.4 is 10.6 Å². The number of hydrogen-bond acceptors (Lipinski definition) is 4. The van der Waals surface area contributed by atoms with E-state index >= 15 is 0 Å². The molecule has 0 aliphatic carbocycles. The van der Waals surface area contributed by atoms with Gasteiger partial charge in [0.1, 0.15) is 11.5 Å². The van der Waals surface area contributed by atoms with Crippen molar-refractivity contribution >= 4 is 11.6 Å². The second kappa shape index (κ2) is 6.72. The summed E-state index contributed by atoms with van der Waals surface area (Å²) in [5.41, 5.74) is 1.27. The van der Waals surface area contributed by atoms with E-state index in [2.05, 4.69) is 28.7 Å². The van der Waals surface area contributed by atoms with E-state index in [-0.39, 0.29) is 23.0 Å². The summed E-state index contributed by atoms with van der Waals surface area (Å²) in [5, 5.41) is 0. The normalized spacial score (nSPS) is 23.6. The maximum atomic E-state index is 13.4. The SMILES string of the molecule is Cc1cc(C(=O)N2CC[C@H]3[C@@H](C2)CC(C)(C)N3c2ccc(F)cc2)nc(=O)[nH]1. The molecule has 28 heavy (non-hydrogen) atoms. The molecular formula is C21H25FN4O2. The lowest BCUT2D eigenvalue weighted by molar-refractivity contribution is 0.0661. The quantitative estimate of drug-likeness (QED) is 0.864. The lowest BCUT2D eigenvalue weighted by Gasteiger charge is -2.41. The number of hydrogen-bond donors (Lipinski definition) is 1. The first-order chi connectivity index (χ1) is 13.2. The number of benzene rings is 1. The Morgan fingerprint density at radius 2 is 2.00 bits per heavy atom. The fourth-order valence-corrected chi connectivity index (χ4v) is 4.93. The number of carbonyl (C=O) groups is 1. The van der Waals surface area contributed by atoms with Crippen molar-refractivity contribution in [2.24, 2.45) is 5.92 Å². The molecule has 148 valence electrons. The average Bonchev–Trinajstić information content (AvgIpc) is 2.90. The lowest BCUT2D eigenvalue weighted by atomic mass is 9.89. The highest BCUT2D eigenvalue weighted by molar-refractivity contribution is 5.92. The van der Waals surface area contributed by atoms with Gasteiger partial charge in [-0.3, -0.25) is 4.79 Å². The van der Waals surface area contributed by atoms with Gasteiger partial charge in [0, 0.05) is 36.1 Å². The number of aromatic nitrogens is 2. The number of rotatable bonds is 2. The molecule has 2 atom stereocenters. The standard InChI is InChI=1S/C21H25FN4O2/c1-13-10-17(24-20(28)23-13)19(27)25-9-8-18-14(12-25)11-21(2,3)26(18)16-6-4-15(22)5-7-16/h4-7,10,14,18H,8-9,11-12H2,1-3H3,(H,23,24,28)/t14-,18+/m1/s1. The van der Waals surface area contributed by atoms with Crippen molar-refractivity contribution < 1.29 is 9.18 Å². The summed E-state index contributed by atoms with van der Waals surface area (Å²) in [4.78, 5) is 35.1. The molecule has 1 aromatic carbocycles. The average molecular weight is 384 g/mol. The number of nitrogens with zero attached hydrogens (tertiary/aromatic N) is 3. The summed E-state index contributed by atoms with van der Waals surface area (Å²) in [6, 6.07) is 8.59. The van der Waals surface area contributed by atoms with Crippen LogP contribution in [0.15, 0.2) is 35.1 Å². The number of halogens is 1. The van der Waals surface area contributed by atoms with E-state index in [0.29, 0.717) is 30.7 Å². The molecule has 2 aliphatic heterocycles. The van der Waals surface area contributed by atoms with Crippen molar-refractivity contribution in [2.75, 3.05) is 18.0 Å². The molecule has 0 unspecified atom stereocenters. The maximum absolute atomic E-state index is 13.4. The molecule has 1 aromatic heterocycles. The Kier molecular flexibility index (Phi) is 4.48. The molecule has 2 saturated heterocycles. The number of aromatic amines is 1. The van der Waals surface area contributed by atoms with Crippen molar-refractivity contribution in [1.29, 1.82) is 0 Å². The Bertz CT molecular complexity index is 954. The monoisotopic (exact) mass is 384 g/mol. The first-order valence-electron chi connectivity index (χ1n) is 9.67. The zero-order valence-electron chi connectivity index (χ0n) is 16.4. The highest BCUT2D eigenvalue weighted by Gasteiger charge is 2.48. The second-order valence-electron chi connectivity index (χ2n) is 8.48. The number of likely N-dealkylation sites (tertiary alicyclic amines) is 1. The van der Waals surface area contributed by atoms with Gasteiger partial charge in [-0.1, -0.05) is 0 Å². The van der Waals surface area contributed by atoms with Gasteiger partial charge in [0.05, 0.1) is 0 Å². The molecule has 2 aliphatic rings. The second-order valence-corrected chi connectivity index (χ2v) is 8.48.